The number of fused-ring (bicyclic) bond motifs is 1. The molecule has 0 bridgehead atoms. The predicted molar refractivity (Wildman–Crippen MR) is 97.5 cm³/mol. The second-order valence-electron chi connectivity index (χ2n) is 7.49. The number of primary amides is 1. The highest BCUT2D eigenvalue weighted by Gasteiger charge is 2.31. The number of hydrogen-bond acceptors (Lipinski definition) is 4. The number of amides is 2. The predicted octanol–water partition coefficient (Wildman–Crippen LogP) is 2.64. The van der Waals surface area contributed by atoms with Crippen LogP contribution in [0.5, 0.6) is 0 Å². The molecule has 5 nitrogen and oxygen atoms in total. The van der Waals surface area contributed by atoms with Crippen molar-refractivity contribution in [1.29, 1.82) is 0 Å². The van der Waals surface area contributed by atoms with Crippen molar-refractivity contribution >= 4 is 28.2 Å². The third-order valence-electron chi connectivity index (χ3n) is 5.23. The van der Waals surface area contributed by atoms with Crippen LogP contribution in [0, 0.1) is 11.8 Å². The van der Waals surface area contributed by atoms with E-state index in [4.69, 9.17) is 5.73 Å². The topological polar surface area (TPSA) is 75.4 Å². The summed E-state index contributed by atoms with van der Waals surface area (Å²) in [7, 11) is 0. The average molecular weight is 350 g/mol. The van der Waals surface area contributed by atoms with Crippen molar-refractivity contribution < 1.29 is 9.59 Å². The maximum atomic E-state index is 12.7. The third-order valence-corrected chi connectivity index (χ3v) is 6.44. The molecule has 0 unspecified atom stereocenters. The molecule has 2 aliphatic rings. The molecule has 1 aliphatic carbocycles. The molecule has 132 valence electrons. The van der Waals surface area contributed by atoms with Crippen LogP contribution in [0.15, 0.2) is 0 Å². The van der Waals surface area contributed by atoms with Crippen molar-refractivity contribution in [2.24, 2.45) is 17.6 Å². The zero-order chi connectivity index (χ0) is 17.4. The molecule has 3 N–H and O–H groups in total. The van der Waals surface area contributed by atoms with Gasteiger partial charge >= 0.3 is 0 Å². The van der Waals surface area contributed by atoms with E-state index in [2.05, 4.69) is 24.1 Å². The van der Waals surface area contributed by atoms with Crippen LogP contribution >= 0.6 is 11.3 Å². The SMILES string of the molecule is C[C@@H]1C[C@@H](C)CN([C@@H](C)C(=O)Nc2sc3c(c2C(N)=O)CCC3)C1. The number of aryl methyl sites for hydroxylation is 1. The lowest BCUT2D eigenvalue weighted by molar-refractivity contribution is -0.121. The summed E-state index contributed by atoms with van der Waals surface area (Å²) >= 11 is 1.52. The van der Waals surface area contributed by atoms with Gasteiger partial charge in [0.25, 0.3) is 5.91 Å². The van der Waals surface area contributed by atoms with Gasteiger partial charge in [-0.2, -0.15) is 0 Å². The van der Waals surface area contributed by atoms with E-state index in [1.54, 1.807) is 0 Å². The number of anilines is 1. The Bertz CT molecular complexity index is 645. The highest BCUT2D eigenvalue weighted by Crippen LogP contribution is 2.39. The summed E-state index contributed by atoms with van der Waals surface area (Å²) in [5.74, 6) is 0.739. The van der Waals surface area contributed by atoms with E-state index >= 15 is 0 Å². The number of carbonyl (C=O) groups is 2. The van der Waals surface area contributed by atoms with Gasteiger partial charge in [-0.25, -0.2) is 0 Å². The van der Waals surface area contributed by atoms with E-state index in [0.29, 0.717) is 22.4 Å². The molecule has 24 heavy (non-hydrogen) atoms. The number of likely N-dealkylation sites (tertiary alicyclic amines) is 1. The van der Waals surface area contributed by atoms with Gasteiger partial charge in [-0.3, -0.25) is 14.5 Å². The molecular weight excluding hydrogens is 322 g/mol. The lowest BCUT2D eigenvalue weighted by Gasteiger charge is -2.38. The van der Waals surface area contributed by atoms with Gasteiger partial charge in [-0.05, 0) is 50.0 Å². The lowest BCUT2D eigenvalue weighted by atomic mass is 9.91. The summed E-state index contributed by atoms with van der Waals surface area (Å²) in [6.07, 6.45) is 4.15. The zero-order valence-corrected chi connectivity index (χ0v) is 15.5. The fraction of sp³-hybridized carbons (Fsp3) is 0.667. The standard InChI is InChI=1S/C18H27N3O2S/c1-10-7-11(2)9-21(8-10)12(3)17(23)20-18-15(16(19)22)13-5-4-6-14(13)24-18/h10-12H,4-9H2,1-3H3,(H2,19,22)(H,20,23)/t10-,11-,12+/m1/s1. The van der Waals surface area contributed by atoms with Crippen molar-refractivity contribution in [3.8, 4) is 0 Å². The van der Waals surface area contributed by atoms with Crippen LogP contribution < -0.4 is 11.1 Å². The Balaban J connectivity index is 1.74. The lowest BCUT2D eigenvalue weighted by Crippen LogP contribution is -2.48. The van der Waals surface area contributed by atoms with Crippen LogP contribution in [0.3, 0.4) is 0 Å². The van der Waals surface area contributed by atoms with Crippen molar-refractivity contribution in [2.75, 3.05) is 18.4 Å². The monoisotopic (exact) mass is 349 g/mol. The van der Waals surface area contributed by atoms with Gasteiger partial charge in [-0.1, -0.05) is 13.8 Å². The van der Waals surface area contributed by atoms with E-state index in [9.17, 15) is 9.59 Å². The summed E-state index contributed by atoms with van der Waals surface area (Å²) < 4.78 is 0. The third kappa shape index (κ3) is 3.35. The van der Waals surface area contributed by atoms with Gasteiger partial charge in [0.05, 0.1) is 11.6 Å². The Kier molecular flexibility index (Phi) is 4.97. The van der Waals surface area contributed by atoms with Gasteiger partial charge in [0.2, 0.25) is 5.91 Å². The summed E-state index contributed by atoms with van der Waals surface area (Å²) in [5.41, 5.74) is 7.16. The molecule has 6 heteroatoms. The molecule has 0 spiro atoms. The van der Waals surface area contributed by atoms with E-state index < -0.39 is 5.91 Å². The fourth-order valence-electron chi connectivity index (χ4n) is 4.16. The molecule has 1 saturated heterocycles. The summed E-state index contributed by atoms with van der Waals surface area (Å²) in [6, 6.07) is -0.201. The molecule has 3 atom stereocenters. The fourth-order valence-corrected chi connectivity index (χ4v) is 5.46. The van der Waals surface area contributed by atoms with E-state index in [1.165, 1.54) is 22.6 Å². The number of piperidine rings is 1. The Labute approximate surface area is 147 Å². The molecule has 0 saturated carbocycles. The molecule has 0 radical (unpaired) electrons. The molecule has 3 rings (SSSR count). The molecule has 1 fully saturated rings. The van der Waals surface area contributed by atoms with Crippen molar-refractivity contribution in [2.45, 2.75) is 52.5 Å². The Morgan fingerprint density at radius 3 is 2.54 bits per heavy atom. The van der Waals surface area contributed by atoms with Crippen LogP contribution in [0.25, 0.3) is 0 Å². The number of hydrogen-bond donors (Lipinski definition) is 2. The summed E-state index contributed by atoms with van der Waals surface area (Å²) in [5, 5.41) is 3.63. The van der Waals surface area contributed by atoms with Gasteiger partial charge in [0, 0.05) is 18.0 Å². The normalized spacial score (nSPS) is 25.3. The maximum absolute atomic E-state index is 12.7. The quantitative estimate of drug-likeness (QED) is 0.877. The second-order valence-corrected chi connectivity index (χ2v) is 8.60. The van der Waals surface area contributed by atoms with Gasteiger partial charge in [0.15, 0.2) is 0 Å². The Morgan fingerprint density at radius 1 is 1.25 bits per heavy atom. The van der Waals surface area contributed by atoms with Gasteiger partial charge < -0.3 is 11.1 Å². The Morgan fingerprint density at radius 2 is 1.92 bits per heavy atom. The van der Waals surface area contributed by atoms with Crippen molar-refractivity contribution in [3.63, 3.8) is 0 Å². The molecule has 1 aliphatic heterocycles. The van der Waals surface area contributed by atoms with Crippen LogP contribution in [-0.2, 0) is 17.6 Å². The molecule has 2 heterocycles. The summed E-state index contributed by atoms with van der Waals surface area (Å²) in [4.78, 5) is 28.0. The number of carbonyl (C=O) groups excluding carboxylic acids is 2. The van der Waals surface area contributed by atoms with Gasteiger partial charge in [0.1, 0.15) is 5.00 Å². The first-order chi connectivity index (χ1) is 11.4. The number of nitrogens with one attached hydrogen (secondary N) is 1. The van der Waals surface area contributed by atoms with E-state index in [0.717, 1.165) is 37.9 Å². The van der Waals surface area contributed by atoms with Crippen LogP contribution in [0.2, 0.25) is 0 Å². The highest BCUT2D eigenvalue weighted by atomic mass is 32.1. The van der Waals surface area contributed by atoms with Crippen LogP contribution in [0.4, 0.5) is 5.00 Å². The first kappa shape index (κ1) is 17.4. The Hall–Kier alpha value is -1.40. The average Bonchev–Trinajstić information content (AvgIpc) is 3.05. The van der Waals surface area contributed by atoms with Crippen LogP contribution in [-0.4, -0.2) is 35.8 Å². The van der Waals surface area contributed by atoms with Gasteiger partial charge in [-0.15, -0.1) is 11.3 Å². The number of nitrogens with zero attached hydrogens (tertiary/aromatic N) is 1. The van der Waals surface area contributed by atoms with Crippen molar-refractivity contribution in [3.05, 3.63) is 16.0 Å². The van der Waals surface area contributed by atoms with E-state index in [1.807, 2.05) is 6.92 Å². The molecule has 2 amide bonds. The maximum Gasteiger partial charge on any atom is 0.251 e. The second kappa shape index (κ2) is 6.84. The zero-order valence-electron chi connectivity index (χ0n) is 14.7. The minimum Gasteiger partial charge on any atom is -0.365 e. The smallest absolute Gasteiger partial charge is 0.251 e. The minimum absolute atomic E-state index is 0.0428. The number of rotatable bonds is 4. The number of nitrogens with two attached hydrogens (primary N) is 1. The molecule has 0 aromatic carbocycles. The molecule has 1 aromatic heterocycles. The highest BCUT2D eigenvalue weighted by molar-refractivity contribution is 7.17. The minimum atomic E-state index is -0.433. The van der Waals surface area contributed by atoms with E-state index in [-0.39, 0.29) is 11.9 Å². The first-order valence-electron chi connectivity index (χ1n) is 8.86. The summed E-state index contributed by atoms with van der Waals surface area (Å²) in [6.45, 7) is 8.32. The number of thiophene rings is 1. The molecule has 1 aromatic rings. The molecular formula is C18H27N3O2S. The van der Waals surface area contributed by atoms with Crippen LogP contribution in [0.1, 0.15) is 54.4 Å². The first-order valence-corrected chi connectivity index (χ1v) is 9.67. The van der Waals surface area contributed by atoms with Crippen molar-refractivity contribution in [1.82, 2.24) is 4.90 Å². The largest absolute Gasteiger partial charge is 0.365 e.